The average Bonchev–Trinajstić information content (AvgIpc) is 3.84. The molecular weight excluding hydrogens is 881 g/mol. The Hall–Kier alpha value is -7.11. The van der Waals surface area contributed by atoms with Gasteiger partial charge in [-0.3, -0.25) is 10.1 Å². The monoisotopic (exact) mass is 942 g/mol. The first-order valence-electron chi connectivity index (χ1n) is 22.9. The third-order valence-corrected chi connectivity index (χ3v) is 14.4. The quantitative estimate of drug-likeness (QED) is 0.0237. The van der Waals surface area contributed by atoms with E-state index >= 15 is 0 Å². The normalized spacial score (nSPS) is 11.9. The van der Waals surface area contributed by atoms with Gasteiger partial charge in [0.25, 0.3) is 5.69 Å². The molecule has 8 rings (SSSR count). The minimum atomic E-state index is -1.18. The van der Waals surface area contributed by atoms with Crippen LogP contribution in [0.25, 0.3) is 46.1 Å². The lowest BCUT2D eigenvalue weighted by atomic mass is 10.1. The third-order valence-electron chi connectivity index (χ3n) is 11.0. The third kappa shape index (κ3) is 14.4. The van der Waals surface area contributed by atoms with Crippen LogP contribution in [-0.4, -0.2) is 53.8 Å². The lowest BCUT2D eigenvalue weighted by Crippen LogP contribution is -2.22. The average molecular weight is 943 g/mol. The molecule has 4 N–H and O–H groups in total. The summed E-state index contributed by atoms with van der Waals surface area (Å²) in [5, 5.41) is 29.6. The first-order chi connectivity index (χ1) is 32.7. The maximum Gasteiger partial charge on any atom is 0.271 e. The summed E-state index contributed by atoms with van der Waals surface area (Å²) in [6.07, 6.45) is 8.23. The summed E-state index contributed by atoms with van der Waals surface area (Å²) in [6, 6.07) is 49.1. The van der Waals surface area contributed by atoms with Gasteiger partial charge in [0.15, 0.2) is 0 Å². The Labute approximate surface area is 401 Å². The zero-order valence-electron chi connectivity index (χ0n) is 39.9. The molecule has 68 heavy (non-hydrogen) atoms. The predicted molar refractivity (Wildman–Crippen MR) is 289 cm³/mol. The van der Waals surface area contributed by atoms with E-state index in [0.29, 0.717) is 25.8 Å². The van der Waals surface area contributed by atoms with E-state index in [1.165, 1.54) is 12.1 Å². The van der Waals surface area contributed by atoms with Crippen molar-refractivity contribution in [2.75, 3.05) is 29.6 Å². The number of benzene rings is 6. The summed E-state index contributed by atoms with van der Waals surface area (Å²) in [7, 11) is -2.32. The maximum atomic E-state index is 11.1. The van der Waals surface area contributed by atoms with Crippen molar-refractivity contribution in [3.05, 3.63) is 178 Å². The summed E-state index contributed by atoms with van der Waals surface area (Å²) < 4.78 is 15.9. The highest BCUT2D eigenvalue weighted by Crippen LogP contribution is 2.29. The van der Waals surface area contributed by atoms with Crippen molar-refractivity contribution in [2.45, 2.75) is 64.8 Å². The fourth-order valence-electron chi connectivity index (χ4n) is 7.18. The Bertz CT molecular complexity index is 2990. The molecule has 0 aliphatic carbocycles. The summed E-state index contributed by atoms with van der Waals surface area (Å²) in [6.45, 7) is 16.3. The highest BCUT2D eigenvalue weighted by Gasteiger charge is 2.16. The van der Waals surface area contributed by atoms with Gasteiger partial charge in [-0.2, -0.15) is 10.2 Å². The van der Waals surface area contributed by atoms with Gasteiger partial charge in [0.05, 0.1) is 27.3 Å². The van der Waals surface area contributed by atoms with Crippen molar-refractivity contribution in [3.63, 3.8) is 0 Å². The topological polar surface area (TPSA) is 147 Å². The number of nitrogens with two attached hydrogens (primary N) is 1. The van der Waals surface area contributed by atoms with Crippen LogP contribution in [0, 0.1) is 10.1 Å². The molecule has 0 bridgehead atoms. The number of anilines is 5. The van der Waals surface area contributed by atoms with E-state index in [1.54, 1.807) is 6.07 Å². The Kier molecular flexibility index (Phi) is 16.2. The molecule has 2 heterocycles. The van der Waals surface area contributed by atoms with Crippen LogP contribution in [0.15, 0.2) is 146 Å². The number of nitro benzene ring substituents is 1. The number of non-ortho nitro benzene ring substituents is 1. The molecule has 0 spiro atoms. The molecule has 0 saturated heterocycles. The van der Waals surface area contributed by atoms with Crippen LogP contribution in [0.3, 0.4) is 0 Å². The molecule has 0 saturated carbocycles. The van der Waals surface area contributed by atoms with Gasteiger partial charge in [0, 0.05) is 80.7 Å². The van der Waals surface area contributed by atoms with Crippen molar-refractivity contribution in [1.29, 1.82) is 0 Å². The molecule has 0 fully saturated rings. The molecule has 8 aromatic rings. The first kappa shape index (κ1) is 48.8. The highest BCUT2D eigenvalue weighted by atomic mass is 28.3. The summed E-state index contributed by atoms with van der Waals surface area (Å²) in [5.41, 5.74) is 16.1. The smallest absolute Gasteiger partial charge is 0.271 e. The van der Waals surface area contributed by atoms with Gasteiger partial charge < -0.3 is 25.8 Å². The molecule has 0 unspecified atom stereocenters. The number of nitrogen functional groups attached to an aromatic ring is 1. The molecule has 0 aliphatic rings. The van der Waals surface area contributed by atoms with Crippen LogP contribution < -0.4 is 16.4 Å². The Morgan fingerprint density at radius 3 is 1.44 bits per heavy atom. The van der Waals surface area contributed by atoms with Crippen molar-refractivity contribution in [3.8, 4) is 0 Å². The van der Waals surface area contributed by atoms with Gasteiger partial charge in [-0.25, -0.2) is 9.36 Å². The van der Waals surface area contributed by atoms with Crippen LogP contribution in [0.5, 0.6) is 0 Å². The number of ether oxygens (including phenoxy) is 2. The van der Waals surface area contributed by atoms with Crippen molar-refractivity contribution >= 4 is 96.4 Å². The second kappa shape index (κ2) is 22.6. The Morgan fingerprint density at radius 2 is 1.00 bits per heavy atom. The van der Waals surface area contributed by atoms with Gasteiger partial charge in [0.1, 0.15) is 13.5 Å². The number of nitrogens with one attached hydrogen (secondary N) is 2. The molecule has 6 aromatic carbocycles. The molecule has 12 nitrogen and oxygen atoms in total. The predicted octanol–water partition coefficient (Wildman–Crippen LogP) is 14.0. The molecule has 0 aliphatic heterocycles. The van der Waals surface area contributed by atoms with Crippen LogP contribution in [0.2, 0.25) is 51.4 Å². The van der Waals surface area contributed by atoms with Crippen LogP contribution in [0.4, 0.5) is 34.1 Å². The molecule has 350 valence electrons. The number of nitro groups is 1. The van der Waals surface area contributed by atoms with E-state index in [9.17, 15) is 10.1 Å². The molecule has 0 atom stereocenters. The van der Waals surface area contributed by atoms with E-state index in [0.717, 1.165) is 85.8 Å². The highest BCUT2D eigenvalue weighted by molar-refractivity contribution is 6.76. The lowest BCUT2D eigenvalue weighted by molar-refractivity contribution is -0.384. The van der Waals surface area contributed by atoms with Crippen LogP contribution in [0.1, 0.15) is 22.5 Å². The first-order valence-corrected chi connectivity index (χ1v) is 30.3. The van der Waals surface area contributed by atoms with Crippen LogP contribution >= 0.6 is 0 Å². The van der Waals surface area contributed by atoms with Crippen molar-refractivity contribution < 1.29 is 14.4 Å². The van der Waals surface area contributed by atoms with Crippen LogP contribution in [-0.2, 0) is 22.9 Å². The summed E-state index contributed by atoms with van der Waals surface area (Å²) >= 11 is 0. The number of nitrogens with zero attached hydrogens (tertiary/aromatic N) is 5. The minimum Gasteiger partial charge on any atom is -0.399 e. The molecule has 0 amide bonds. The van der Waals surface area contributed by atoms with Gasteiger partial charge in [-0.15, -0.1) is 0 Å². The van der Waals surface area contributed by atoms with Gasteiger partial charge in [-0.1, -0.05) is 124 Å². The SMILES string of the molecule is C[Si](C)(C)CCOCn1nc(/C=C/c2ccccc2)c2ccc(Nc3cccc(N)c3)cc21.C[Si](C)(C)CCOCn1nc(/C=C/c2ccccc2)c2ccc(Nc3cccc([N+](=O)[O-])c3)cc21. The maximum absolute atomic E-state index is 11.1. The second-order valence-electron chi connectivity index (χ2n) is 19.1. The number of rotatable bonds is 19. The Balaban J connectivity index is 0.000000202. The standard InChI is InChI=1S/C27H30N4O3Si.C27H32N4OSi/c1-35(2,3)17-16-34-20-30-27-19-23(28-22-10-7-11-24(18-22)31(32)33)13-14-25(27)26(29-30)15-12-21-8-5-4-6-9-21;1-33(2,3)17-16-32-20-31-27-19-24(29-23-11-7-10-22(28)18-23)13-14-25(27)26(30-31)15-12-21-8-5-4-6-9-21/h4-15,18-19,28H,16-17,20H2,1-3H3;4-15,18-19,29H,16-17,20,28H2,1-3H3/b2*15-12+. The number of hydrogen-bond acceptors (Lipinski definition) is 9. The fourth-order valence-corrected chi connectivity index (χ4v) is 8.70. The molecule has 0 radical (unpaired) electrons. The summed E-state index contributed by atoms with van der Waals surface area (Å²) in [5.74, 6) is 0. The van der Waals surface area contributed by atoms with Gasteiger partial charge in [-0.05, 0) is 96.0 Å². The fraction of sp³-hybridized carbons (Fsp3) is 0.222. The number of fused-ring (bicyclic) bond motifs is 2. The van der Waals surface area contributed by atoms with E-state index in [-0.39, 0.29) is 5.69 Å². The van der Waals surface area contributed by atoms with E-state index in [4.69, 9.17) is 25.4 Å². The number of hydrogen-bond donors (Lipinski definition) is 3. The Morgan fingerprint density at radius 1 is 0.559 bits per heavy atom. The van der Waals surface area contributed by atoms with Gasteiger partial charge in [0.2, 0.25) is 0 Å². The van der Waals surface area contributed by atoms with Gasteiger partial charge >= 0.3 is 0 Å². The second-order valence-corrected chi connectivity index (χ2v) is 30.3. The summed E-state index contributed by atoms with van der Waals surface area (Å²) in [4.78, 5) is 10.7. The molecule has 14 heteroatoms. The van der Waals surface area contributed by atoms with E-state index in [2.05, 4.69) is 105 Å². The van der Waals surface area contributed by atoms with Crippen molar-refractivity contribution in [1.82, 2.24) is 19.6 Å². The van der Waals surface area contributed by atoms with Crippen molar-refractivity contribution in [2.24, 2.45) is 0 Å². The molecular formula is C54H62N8O4Si2. The number of aromatic nitrogens is 4. The van der Waals surface area contributed by atoms with E-state index < -0.39 is 21.1 Å². The molecule has 2 aromatic heterocycles. The lowest BCUT2D eigenvalue weighted by Gasteiger charge is -2.15. The minimum absolute atomic E-state index is 0.0465. The van der Waals surface area contributed by atoms with E-state index in [1.807, 2.05) is 106 Å². The largest absolute Gasteiger partial charge is 0.399 e. The zero-order valence-corrected chi connectivity index (χ0v) is 41.9. The zero-order chi connectivity index (χ0) is 48.1.